The smallest absolute Gasteiger partial charge is 0.138 e. The Morgan fingerprint density at radius 1 is 0.739 bits per heavy atom. The van der Waals surface area contributed by atoms with Crippen LogP contribution in [0.5, 0.6) is 0 Å². The van der Waals surface area contributed by atoms with E-state index < -0.39 is 0 Å². The molecule has 0 saturated heterocycles. The Bertz CT molecular complexity index is 337. The maximum atomic E-state index is 3.96. The molecule has 4 nitrogen and oxygen atoms in total. The van der Waals surface area contributed by atoms with Crippen LogP contribution in [-0.2, 0) is 0 Å². The highest BCUT2D eigenvalue weighted by Crippen LogP contribution is 2.16. The summed E-state index contributed by atoms with van der Waals surface area (Å²) in [7, 11) is 0. The second-order valence-corrected chi connectivity index (χ2v) is 7.02. The molecule has 0 N–H and O–H groups in total. The number of hydrogen-bond acceptors (Lipinski definition) is 3. The molecule has 23 heavy (non-hydrogen) atoms. The van der Waals surface area contributed by atoms with E-state index in [0.717, 1.165) is 0 Å². The van der Waals surface area contributed by atoms with Gasteiger partial charge >= 0.3 is 0 Å². The van der Waals surface area contributed by atoms with Gasteiger partial charge in [0.15, 0.2) is 0 Å². The van der Waals surface area contributed by atoms with Gasteiger partial charge in [0.05, 0.1) is 6.04 Å². The molecule has 1 aromatic rings. The Hall–Kier alpha value is -0.930. The minimum Gasteiger partial charge on any atom is -0.230 e. The second kappa shape index (κ2) is 14.6. The van der Waals surface area contributed by atoms with E-state index in [9.17, 15) is 0 Å². The lowest BCUT2D eigenvalue weighted by atomic mass is 10.0. The molecule has 0 aliphatic rings. The number of rotatable bonds is 16. The number of aromatic nitrogens is 4. The minimum atomic E-state index is 0.433. The predicted molar refractivity (Wildman–Crippen MR) is 97.5 cm³/mol. The van der Waals surface area contributed by atoms with E-state index in [1.807, 2.05) is 4.68 Å². The quantitative estimate of drug-likeness (QED) is 0.345. The summed E-state index contributed by atoms with van der Waals surface area (Å²) in [6, 6.07) is 0.433. The molecule has 1 heterocycles. The summed E-state index contributed by atoms with van der Waals surface area (Å²) in [6.07, 6.45) is 22.7. The summed E-state index contributed by atoms with van der Waals surface area (Å²) in [5.41, 5.74) is 0. The first-order valence-electron chi connectivity index (χ1n) is 10.1. The first kappa shape index (κ1) is 20.1. The molecule has 1 atom stereocenters. The number of unbranched alkanes of at least 4 members (excludes halogenated alkanes) is 13. The topological polar surface area (TPSA) is 43.6 Å². The molecule has 0 aliphatic carbocycles. The number of hydrogen-bond donors (Lipinski definition) is 0. The number of tetrazole rings is 1. The fourth-order valence-corrected chi connectivity index (χ4v) is 3.14. The van der Waals surface area contributed by atoms with Crippen molar-refractivity contribution >= 4 is 0 Å². The van der Waals surface area contributed by atoms with Crippen LogP contribution < -0.4 is 0 Å². The van der Waals surface area contributed by atoms with E-state index in [4.69, 9.17) is 0 Å². The van der Waals surface area contributed by atoms with Crippen molar-refractivity contribution in [3.8, 4) is 0 Å². The first-order valence-corrected chi connectivity index (χ1v) is 10.1. The van der Waals surface area contributed by atoms with Crippen LogP contribution >= 0.6 is 0 Å². The summed E-state index contributed by atoms with van der Waals surface area (Å²) >= 11 is 0. The van der Waals surface area contributed by atoms with Crippen LogP contribution in [0.25, 0.3) is 0 Å². The lowest BCUT2D eigenvalue weighted by molar-refractivity contribution is 0.423. The van der Waals surface area contributed by atoms with Crippen molar-refractivity contribution in [2.75, 3.05) is 0 Å². The van der Waals surface area contributed by atoms with Crippen LogP contribution in [0.4, 0.5) is 0 Å². The van der Waals surface area contributed by atoms with Gasteiger partial charge in [-0.15, -0.1) is 5.10 Å². The van der Waals surface area contributed by atoms with Crippen molar-refractivity contribution in [1.82, 2.24) is 20.2 Å². The normalized spacial score (nSPS) is 12.6. The summed E-state index contributed by atoms with van der Waals surface area (Å²) < 4.78 is 1.86. The largest absolute Gasteiger partial charge is 0.230 e. The Kier molecular flexibility index (Phi) is 12.8. The van der Waals surface area contributed by atoms with E-state index in [0.29, 0.717) is 6.04 Å². The van der Waals surface area contributed by atoms with Gasteiger partial charge in [-0.25, -0.2) is 4.68 Å². The highest BCUT2D eigenvalue weighted by atomic mass is 15.5. The lowest BCUT2D eigenvalue weighted by Crippen LogP contribution is -2.05. The third-order valence-electron chi connectivity index (χ3n) is 4.79. The molecule has 134 valence electrons. The van der Waals surface area contributed by atoms with E-state index in [1.165, 1.54) is 96.3 Å². The molecule has 0 spiro atoms. The van der Waals surface area contributed by atoms with Crippen LogP contribution in [0.2, 0.25) is 0 Å². The van der Waals surface area contributed by atoms with Crippen LogP contribution in [0.3, 0.4) is 0 Å². The molecule has 0 aromatic carbocycles. The van der Waals surface area contributed by atoms with Gasteiger partial charge in [-0.3, -0.25) is 0 Å². The van der Waals surface area contributed by atoms with Crippen LogP contribution in [0, 0.1) is 0 Å². The third kappa shape index (κ3) is 11.3. The zero-order valence-corrected chi connectivity index (χ0v) is 15.6. The number of nitrogens with zero attached hydrogens (tertiary/aromatic N) is 4. The molecule has 1 aromatic heterocycles. The summed E-state index contributed by atoms with van der Waals surface area (Å²) in [6.45, 7) is 4.48. The van der Waals surface area contributed by atoms with Gasteiger partial charge in [0.1, 0.15) is 6.33 Å². The van der Waals surface area contributed by atoms with Gasteiger partial charge in [-0.05, 0) is 23.8 Å². The van der Waals surface area contributed by atoms with Crippen molar-refractivity contribution in [3.63, 3.8) is 0 Å². The van der Waals surface area contributed by atoms with Gasteiger partial charge in [0.2, 0.25) is 0 Å². The second-order valence-electron chi connectivity index (χ2n) is 7.02. The van der Waals surface area contributed by atoms with Gasteiger partial charge in [-0.2, -0.15) is 0 Å². The standard InChI is InChI=1S/C19H38N4/c1-3-4-5-6-7-8-9-10-11-12-13-14-15-16-17-19(2)23-18-20-21-22-23/h18-19H,3-17H2,1-2H3. The van der Waals surface area contributed by atoms with Gasteiger partial charge in [-0.1, -0.05) is 96.8 Å². The van der Waals surface area contributed by atoms with Crippen molar-refractivity contribution in [1.29, 1.82) is 0 Å². The van der Waals surface area contributed by atoms with E-state index in [1.54, 1.807) is 6.33 Å². The Balaban J connectivity index is 1.75. The molecule has 1 unspecified atom stereocenters. The van der Waals surface area contributed by atoms with Crippen molar-refractivity contribution in [3.05, 3.63) is 6.33 Å². The van der Waals surface area contributed by atoms with E-state index in [2.05, 4.69) is 29.4 Å². The summed E-state index contributed by atoms with van der Waals surface area (Å²) in [5.74, 6) is 0. The van der Waals surface area contributed by atoms with Crippen LogP contribution in [0.1, 0.15) is 116 Å². The van der Waals surface area contributed by atoms with Gasteiger partial charge in [0.25, 0.3) is 0 Å². The summed E-state index contributed by atoms with van der Waals surface area (Å²) in [4.78, 5) is 0. The molecule has 0 radical (unpaired) electrons. The van der Waals surface area contributed by atoms with Crippen molar-refractivity contribution in [2.45, 2.75) is 116 Å². The highest BCUT2D eigenvalue weighted by molar-refractivity contribution is 4.60. The Morgan fingerprint density at radius 3 is 1.65 bits per heavy atom. The summed E-state index contributed by atoms with van der Waals surface area (Å²) in [5, 5.41) is 11.3. The third-order valence-corrected chi connectivity index (χ3v) is 4.79. The van der Waals surface area contributed by atoms with Gasteiger partial charge in [0, 0.05) is 0 Å². The maximum absolute atomic E-state index is 3.96. The molecule has 0 fully saturated rings. The molecule has 0 amide bonds. The first-order chi connectivity index (χ1) is 11.3. The van der Waals surface area contributed by atoms with Crippen LogP contribution in [0.15, 0.2) is 6.33 Å². The SMILES string of the molecule is CCCCCCCCCCCCCCCCC(C)n1cnnn1. The molecule has 0 aliphatic heterocycles. The van der Waals surface area contributed by atoms with Gasteiger partial charge < -0.3 is 0 Å². The van der Waals surface area contributed by atoms with Crippen LogP contribution in [-0.4, -0.2) is 20.2 Å². The Morgan fingerprint density at radius 2 is 1.22 bits per heavy atom. The maximum Gasteiger partial charge on any atom is 0.138 e. The monoisotopic (exact) mass is 322 g/mol. The van der Waals surface area contributed by atoms with Crippen molar-refractivity contribution in [2.24, 2.45) is 0 Å². The predicted octanol–water partition coefficient (Wildman–Crippen LogP) is 6.11. The highest BCUT2D eigenvalue weighted by Gasteiger charge is 2.04. The minimum absolute atomic E-state index is 0.433. The van der Waals surface area contributed by atoms with E-state index in [-0.39, 0.29) is 0 Å². The molecular formula is C19H38N4. The fourth-order valence-electron chi connectivity index (χ4n) is 3.14. The molecular weight excluding hydrogens is 284 g/mol. The fraction of sp³-hybridized carbons (Fsp3) is 0.947. The average molecular weight is 323 g/mol. The molecule has 4 heteroatoms. The van der Waals surface area contributed by atoms with E-state index >= 15 is 0 Å². The zero-order chi connectivity index (χ0) is 16.6. The average Bonchev–Trinajstić information content (AvgIpc) is 3.09. The Labute approximate surface area is 143 Å². The molecule has 0 saturated carbocycles. The molecule has 1 rings (SSSR count). The van der Waals surface area contributed by atoms with Crippen molar-refractivity contribution < 1.29 is 0 Å². The lowest BCUT2D eigenvalue weighted by Gasteiger charge is -2.09. The zero-order valence-electron chi connectivity index (χ0n) is 15.6. The molecule has 0 bridgehead atoms.